The molecule has 0 saturated carbocycles. The summed E-state index contributed by atoms with van der Waals surface area (Å²) in [5.74, 6) is -1.85. The standard InChI is InChI=1S/C12H10ClN3O3/c13-6-10(17)15-11-9(12(18)19)7-14-16(11)8-4-2-1-3-5-8/h1-5,7H,6H2,(H,15,17)(H,18,19). The predicted molar refractivity (Wildman–Crippen MR) is 69.9 cm³/mol. The first kappa shape index (κ1) is 13.1. The van der Waals surface area contributed by atoms with Gasteiger partial charge in [-0.2, -0.15) is 5.10 Å². The number of carbonyl (C=O) groups is 2. The molecule has 2 N–H and O–H groups in total. The van der Waals surface area contributed by atoms with Crippen LogP contribution < -0.4 is 5.32 Å². The molecule has 0 bridgehead atoms. The lowest BCUT2D eigenvalue weighted by Gasteiger charge is -2.08. The fourth-order valence-corrected chi connectivity index (χ4v) is 1.62. The van der Waals surface area contributed by atoms with Crippen LogP contribution in [0.25, 0.3) is 5.69 Å². The van der Waals surface area contributed by atoms with Crippen molar-refractivity contribution >= 4 is 29.3 Å². The van der Waals surface area contributed by atoms with Crippen LogP contribution in [-0.2, 0) is 4.79 Å². The number of halogens is 1. The third-order valence-electron chi connectivity index (χ3n) is 2.38. The number of hydrogen-bond donors (Lipinski definition) is 2. The molecule has 0 radical (unpaired) electrons. The van der Waals surface area contributed by atoms with Crippen molar-refractivity contribution in [3.63, 3.8) is 0 Å². The minimum Gasteiger partial charge on any atom is -0.477 e. The van der Waals surface area contributed by atoms with E-state index in [0.717, 1.165) is 0 Å². The molecule has 1 amide bonds. The van der Waals surface area contributed by atoms with E-state index < -0.39 is 11.9 Å². The zero-order chi connectivity index (χ0) is 13.8. The number of nitrogens with zero attached hydrogens (tertiary/aromatic N) is 2. The number of aromatic nitrogens is 2. The molecule has 0 fully saturated rings. The van der Waals surface area contributed by atoms with E-state index in [1.807, 2.05) is 6.07 Å². The lowest BCUT2D eigenvalue weighted by molar-refractivity contribution is -0.114. The van der Waals surface area contributed by atoms with Crippen molar-refractivity contribution in [2.45, 2.75) is 0 Å². The molecule has 1 aromatic heterocycles. The van der Waals surface area contributed by atoms with Crippen LogP contribution in [0.4, 0.5) is 5.82 Å². The van der Waals surface area contributed by atoms with Gasteiger partial charge in [0, 0.05) is 0 Å². The van der Waals surface area contributed by atoms with Gasteiger partial charge in [0.1, 0.15) is 11.4 Å². The number of carboxylic acids is 1. The van der Waals surface area contributed by atoms with Gasteiger partial charge in [0.05, 0.1) is 11.9 Å². The number of aromatic carboxylic acids is 1. The molecule has 1 heterocycles. The first-order valence-corrected chi connectivity index (χ1v) is 5.89. The molecule has 0 saturated heterocycles. The number of nitrogens with one attached hydrogen (secondary N) is 1. The first-order chi connectivity index (χ1) is 9.13. The summed E-state index contributed by atoms with van der Waals surface area (Å²) in [7, 11) is 0. The lowest BCUT2D eigenvalue weighted by atomic mass is 10.3. The minimum absolute atomic E-state index is 0.0874. The van der Waals surface area contributed by atoms with Gasteiger partial charge < -0.3 is 10.4 Å². The molecule has 0 aliphatic carbocycles. The topological polar surface area (TPSA) is 84.2 Å². The summed E-state index contributed by atoms with van der Waals surface area (Å²) in [4.78, 5) is 22.5. The van der Waals surface area contributed by atoms with Gasteiger partial charge >= 0.3 is 5.97 Å². The molecule has 6 nitrogen and oxygen atoms in total. The SMILES string of the molecule is O=C(CCl)Nc1c(C(=O)O)cnn1-c1ccccc1. The van der Waals surface area contributed by atoms with Crippen LogP contribution >= 0.6 is 11.6 Å². The number of carbonyl (C=O) groups excluding carboxylic acids is 1. The van der Waals surface area contributed by atoms with Crippen LogP contribution in [0.2, 0.25) is 0 Å². The van der Waals surface area contributed by atoms with E-state index in [-0.39, 0.29) is 17.3 Å². The fourth-order valence-electron chi connectivity index (χ4n) is 1.56. The highest BCUT2D eigenvalue weighted by molar-refractivity contribution is 6.29. The second-order valence-electron chi connectivity index (χ2n) is 3.64. The van der Waals surface area contributed by atoms with Crippen LogP contribution in [0.1, 0.15) is 10.4 Å². The molecule has 0 unspecified atom stereocenters. The average molecular weight is 280 g/mol. The summed E-state index contributed by atoms with van der Waals surface area (Å²) in [6.45, 7) is 0. The second kappa shape index (κ2) is 5.53. The lowest BCUT2D eigenvalue weighted by Crippen LogP contribution is -2.18. The van der Waals surface area contributed by atoms with Gasteiger partial charge in [0.15, 0.2) is 5.82 Å². The zero-order valence-corrected chi connectivity index (χ0v) is 10.5. The Bertz CT molecular complexity index is 610. The number of rotatable bonds is 4. The van der Waals surface area contributed by atoms with Crippen molar-refractivity contribution in [1.29, 1.82) is 0 Å². The normalized spacial score (nSPS) is 10.2. The van der Waals surface area contributed by atoms with Crippen LogP contribution in [0, 0.1) is 0 Å². The van der Waals surface area contributed by atoms with Crippen LogP contribution in [-0.4, -0.2) is 32.6 Å². The Morgan fingerprint density at radius 3 is 2.58 bits per heavy atom. The molecule has 0 aliphatic rings. The van der Waals surface area contributed by atoms with Gasteiger partial charge in [0.25, 0.3) is 0 Å². The Morgan fingerprint density at radius 2 is 2.00 bits per heavy atom. The molecule has 2 rings (SSSR count). The van der Waals surface area contributed by atoms with E-state index >= 15 is 0 Å². The van der Waals surface area contributed by atoms with Gasteiger partial charge in [-0.3, -0.25) is 4.79 Å². The summed E-state index contributed by atoms with van der Waals surface area (Å²) in [6, 6.07) is 8.88. The van der Waals surface area contributed by atoms with Crippen molar-refractivity contribution < 1.29 is 14.7 Å². The molecule has 7 heteroatoms. The van der Waals surface area contributed by atoms with Crippen molar-refractivity contribution in [2.75, 3.05) is 11.2 Å². The smallest absolute Gasteiger partial charge is 0.341 e. The summed E-state index contributed by atoms with van der Waals surface area (Å²) in [6.07, 6.45) is 1.18. The first-order valence-electron chi connectivity index (χ1n) is 5.36. The highest BCUT2D eigenvalue weighted by Crippen LogP contribution is 2.20. The maximum atomic E-state index is 11.4. The molecule has 0 aliphatic heterocycles. The maximum absolute atomic E-state index is 11.4. The van der Waals surface area contributed by atoms with E-state index in [2.05, 4.69) is 10.4 Å². The predicted octanol–water partition coefficient (Wildman–Crippen LogP) is 1.75. The number of carboxylic acid groups (broad SMARTS) is 1. The second-order valence-corrected chi connectivity index (χ2v) is 3.91. The Kier molecular flexibility index (Phi) is 3.82. The minimum atomic E-state index is -1.17. The average Bonchev–Trinajstić information content (AvgIpc) is 2.83. The van der Waals surface area contributed by atoms with E-state index in [4.69, 9.17) is 16.7 Å². The van der Waals surface area contributed by atoms with Gasteiger partial charge in [-0.1, -0.05) is 18.2 Å². The number of amides is 1. The van der Waals surface area contributed by atoms with Gasteiger partial charge in [-0.25, -0.2) is 9.48 Å². The third-order valence-corrected chi connectivity index (χ3v) is 2.62. The largest absolute Gasteiger partial charge is 0.477 e. The van der Waals surface area contributed by atoms with E-state index in [0.29, 0.717) is 5.69 Å². The highest BCUT2D eigenvalue weighted by Gasteiger charge is 2.19. The quantitative estimate of drug-likeness (QED) is 0.835. The summed E-state index contributed by atoms with van der Waals surface area (Å²) < 4.78 is 1.34. The van der Waals surface area contributed by atoms with Crippen molar-refractivity contribution in [2.24, 2.45) is 0 Å². The Morgan fingerprint density at radius 1 is 1.32 bits per heavy atom. The molecule has 2 aromatic rings. The summed E-state index contributed by atoms with van der Waals surface area (Å²) in [5, 5.41) is 15.5. The Labute approximate surface area is 113 Å². The highest BCUT2D eigenvalue weighted by atomic mass is 35.5. The Hall–Kier alpha value is -2.34. The van der Waals surface area contributed by atoms with Gasteiger partial charge in [-0.05, 0) is 12.1 Å². The molecular formula is C12H10ClN3O3. The van der Waals surface area contributed by atoms with E-state index in [1.165, 1.54) is 10.9 Å². The third kappa shape index (κ3) is 2.74. The fraction of sp³-hybridized carbons (Fsp3) is 0.0833. The monoisotopic (exact) mass is 279 g/mol. The zero-order valence-electron chi connectivity index (χ0n) is 9.71. The van der Waals surface area contributed by atoms with E-state index in [1.54, 1.807) is 24.3 Å². The van der Waals surface area contributed by atoms with Crippen LogP contribution in [0.15, 0.2) is 36.5 Å². The van der Waals surface area contributed by atoms with Crippen molar-refractivity contribution in [1.82, 2.24) is 9.78 Å². The molecule has 1 aromatic carbocycles. The van der Waals surface area contributed by atoms with Crippen LogP contribution in [0.3, 0.4) is 0 Å². The molecule has 0 spiro atoms. The molecular weight excluding hydrogens is 270 g/mol. The van der Waals surface area contributed by atoms with Crippen molar-refractivity contribution in [3.05, 3.63) is 42.1 Å². The summed E-state index contributed by atoms with van der Waals surface area (Å²) in [5.41, 5.74) is 0.544. The number of benzene rings is 1. The van der Waals surface area contributed by atoms with Crippen molar-refractivity contribution in [3.8, 4) is 5.69 Å². The number of hydrogen-bond acceptors (Lipinski definition) is 3. The number of alkyl halides is 1. The van der Waals surface area contributed by atoms with Gasteiger partial charge in [0.2, 0.25) is 5.91 Å². The summed E-state index contributed by atoms with van der Waals surface area (Å²) >= 11 is 5.41. The maximum Gasteiger partial charge on any atom is 0.341 e. The van der Waals surface area contributed by atoms with Gasteiger partial charge in [-0.15, -0.1) is 11.6 Å². The van der Waals surface area contributed by atoms with Crippen LogP contribution in [0.5, 0.6) is 0 Å². The number of para-hydroxylation sites is 1. The Balaban J connectivity index is 2.50. The number of anilines is 1. The molecule has 98 valence electrons. The molecule has 19 heavy (non-hydrogen) atoms. The molecule has 0 atom stereocenters. The van der Waals surface area contributed by atoms with E-state index in [9.17, 15) is 9.59 Å².